The zero-order chi connectivity index (χ0) is 14.5. The number of aromatic nitrogens is 3. The second-order valence-electron chi connectivity index (χ2n) is 3.95. The lowest BCUT2D eigenvalue weighted by molar-refractivity contribution is 0.950. The topological polar surface area (TPSA) is 82.2 Å². The Labute approximate surface area is 119 Å². The summed E-state index contributed by atoms with van der Waals surface area (Å²) in [6.45, 7) is 7.56. The van der Waals surface area contributed by atoms with Crippen LogP contribution in [0.5, 0.6) is 0 Å². The van der Waals surface area contributed by atoms with Crippen LogP contribution in [0.2, 0.25) is 0 Å². The van der Waals surface area contributed by atoms with Gasteiger partial charge in [-0.05, 0) is 31.8 Å². The van der Waals surface area contributed by atoms with Gasteiger partial charge >= 0.3 is 0 Å². The van der Waals surface area contributed by atoms with Crippen LogP contribution in [0.3, 0.4) is 0 Å². The molecule has 5 nitrogen and oxygen atoms in total. The van der Waals surface area contributed by atoms with Gasteiger partial charge in [-0.3, -0.25) is 0 Å². The summed E-state index contributed by atoms with van der Waals surface area (Å²) in [6.07, 6.45) is 7.34. The van der Waals surface area contributed by atoms with Crippen molar-refractivity contribution in [2.75, 3.05) is 5.73 Å². The summed E-state index contributed by atoms with van der Waals surface area (Å²) in [5.41, 5.74) is 13.7. The third-order valence-electron chi connectivity index (χ3n) is 2.72. The van der Waals surface area contributed by atoms with Crippen LogP contribution < -0.4 is 11.2 Å². The van der Waals surface area contributed by atoms with Crippen LogP contribution in [0.4, 0.5) is 5.95 Å². The van der Waals surface area contributed by atoms with Crippen molar-refractivity contribution in [3.8, 4) is 0 Å². The molecule has 0 fully saturated rings. The van der Waals surface area contributed by atoms with E-state index in [2.05, 4.69) is 23.2 Å². The van der Waals surface area contributed by atoms with E-state index in [1.807, 2.05) is 30.4 Å². The summed E-state index contributed by atoms with van der Waals surface area (Å²) in [5, 5.41) is 5.15. The first-order chi connectivity index (χ1) is 9.69. The monoisotopic (exact) mass is 285 g/mol. The molecular formula is C14H16N5P. The molecule has 1 unspecified atom stereocenters. The number of nitrogens with zero attached hydrogens (tertiary/aromatic N) is 3. The SMILES string of the molecule is C=C/C(=C\C=C(/C=C)c1cccc2nc(N)nn12)PN. The predicted molar refractivity (Wildman–Crippen MR) is 86.4 cm³/mol. The van der Waals surface area contributed by atoms with Crippen LogP contribution in [0.15, 0.2) is 61.0 Å². The summed E-state index contributed by atoms with van der Waals surface area (Å²) in [4.78, 5) is 4.14. The molecule has 0 aliphatic rings. The molecule has 102 valence electrons. The van der Waals surface area contributed by atoms with Crippen LogP contribution in [0.25, 0.3) is 11.2 Å². The molecule has 6 heteroatoms. The van der Waals surface area contributed by atoms with Crippen LogP contribution in [0.1, 0.15) is 5.69 Å². The van der Waals surface area contributed by atoms with Gasteiger partial charge in [-0.1, -0.05) is 43.5 Å². The highest BCUT2D eigenvalue weighted by Gasteiger charge is 2.06. The number of pyridine rings is 1. The Morgan fingerprint density at radius 1 is 1.25 bits per heavy atom. The van der Waals surface area contributed by atoms with E-state index in [-0.39, 0.29) is 14.7 Å². The Morgan fingerprint density at radius 2 is 2.05 bits per heavy atom. The first kappa shape index (κ1) is 14.2. The minimum absolute atomic E-state index is 0.202. The fourth-order valence-electron chi connectivity index (χ4n) is 1.75. The van der Waals surface area contributed by atoms with Gasteiger partial charge in [0.2, 0.25) is 5.95 Å². The van der Waals surface area contributed by atoms with E-state index in [0.29, 0.717) is 5.65 Å². The molecule has 20 heavy (non-hydrogen) atoms. The molecule has 0 saturated heterocycles. The lowest BCUT2D eigenvalue weighted by Crippen LogP contribution is -1.97. The maximum atomic E-state index is 5.64. The number of fused-ring (bicyclic) bond motifs is 1. The minimum atomic E-state index is 0.202. The van der Waals surface area contributed by atoms with E-state index in [4.69, 9.17) is 11.2 Å². The number of rotatable bonds is 5. The lowest BCUT2D eigenvalue weighted by atomic mass is 10.1. The van der Waals surface area contributed by atoms with Gasteiger partial charge in [0.05, 0.1) is 5.69 Å². The van der Waals surface area contributed by atoms with Gasteiger partial charge < -0.3 is 11.2 Å². The fraction of sp³-hybridized carbons (Fsp3) is 0. The largest absolute Gasteiger partial charge is 0.366 e. The van der Waals surface area contributed by atoms with Crippen molar-refractivity contribution in [3.63, 3.8) is 0 Å². The Bertz CT molecular complexity index is 711. The highest BCUT2D eigenvalue weighted by Crippen LogP contribution is 2.20. The molecule has 0 aliphatic heterocycles. The Hall–Kier alpha value is -2.23. The second kappa shape index (κ2) is 6.28. The van der Waals surface area contributed by atoms with Crippen molar-refractivity contribution in [1.82, 2.24) is 14.6 Å². The molecule has 1 atom stereocenters. The summed E-state index contributed by atoms with van der Waals surface area (Å²) < 4.78 is 1.69. The van der Waals surface area contributed by atoms with E-state index >= 15 is 0 Å². The molecule has 2 aromatic rings. The van der Waals surface area contributed by atoms with Crippen molar-refractivity contribution in [2.45, 2.75) is 0 Å². The maximum absolute atomic E-state index is 5.64. The molecule has 0 saturated carbocycles. The van der Waals surface area contributed by atoms with Crippen LogP contribution >= 0.6 is 8.73 Å². The summed E-state index contributed by atoms with van der Waals surface area (Å²) in [7, 11) is 0.202. The normalized spacial score (nSPS) is 13.2. The molecule has 0 aromatic carbocycles. The van der Waals surface area contributed by atoms with Gasteiger partial charge in [0.1, 0.15) is 0 Å². The van der Waals surface area contributed by atoms with Crippen LogP contribution in [-0.2, 0) is 0 Å². The number of hydrogen-bond donors (Lipinski definition) is 2. The molecule has 0 amide bonds. The first-order valence-corrected chi connectivity index (χ1v) is 7.02. The standard InChI is InChI=1S/C14H16N5P/c1-3-10(8-9-11(4-2)20-16)12-6-5-7-13-17-14(15)18-19(12)13/h3-9,20H,1-2,16H2,(H2,15,18)/b10-8+,11-9+. The van der Waals surface area contributed by atoms with E-state index in [9.17, 15) is 0 Å². The average Bonchev–Trinajstić information content (AvgIpc) is 2.84. The van der Waals surface area contributed by atoms with Crippen molar-refractivity contribution in [2.24, 2.45) is 5.50 Å². The first-order valence-electron chi connectivity index (χ1n) is 5.94. The van der Waals surface area contributed by atoms with Gasteiger partial charge in [-0.2, -0.15) is 4.98 Å². The van der Waals surface area contributed by atoms with Crippen LogP contribution in [-0.4, -0.2) is 14.6 Å². The predicted octanol–water partition coefficient (Wildman–Crippen LogP) is 2.50. The number of allylic oxidation sites excluding steroid dienone is 6. The molecule has 2 rings (SSSR count). The van der Waals surface area contributed by atoms with Crippen LogP contribution in [0, 0.1) is 0 Å². The lowest BCUT2D eigenvalue weighted by Gasteiger charge is -2.04. The highest BCUT2D eigenvalue weighted by molar-refractivity contribution is 7.40. The Balaban J connectivity index is 2.54. The molecule has 0 radical (unpaired) electrons. The quantitative estimate of drug-likeness (QED) is 0.653. The summed E-state index contributed by atoms with van der Waals surface area (Å²) in [5.74, 6) is 0.242. The summed E-state index contributed by atoms with van der Waals surface area (Å²) >= 11 is 0. The highest BCUT2D eigenvalue weighted by atomic mass is 31.1. The average molecular weight is 285 g/mol. The zero-order valence-electron chi connectivity index (χ0n) is 11.0. The van der Waals surface area contributed by atoms with E-state index in [1.54, 1.807) is 16.7 Å². The van der Waals surface area contributed by atoms with Gasteiger partial charge in [-0.25, -0.2) is 4.52 Å². The third-order valence-corrected chi connectivity index (χ3v) is 3.42. The molecule has 0 spiro atoms. The van der Waals surface area contributed by atoms with Gasteiger partial charge in [0.25, 0.3) is 0 Å². The zero-order valence-corrected chi connectivity index (χ0v) is 12.0. The van der Waals surface area contributed by atoms with Crippen molar-refractivity contribution >= 4 is 25.9 Å². The Morgan fingerprint density at radius 3 is 2.70 bits per heavy atom. The molecule has 0 aliphatic carbocycles. The Kier molecular flexibility index (Phi) is 4.45. The van der Waals surface area contributed by atoms with Gasteiger partial charge in [0, 0.05) is 0 Å². The summed E-state index contributed by atoms with van der Waals surface area (Å²) in [6, 6.07) is 5.68. The third kappa shape index (κ3) is 2.85. The van der Waals surface area contributed by atoms with Crippen molar-refractivity contribution < 1.29 is 0 Å². The number of anilines is 1. The molecule has 0 bridgehead atoms. The van der Waals surface area contributed by atoms with E-state index in [0.717, 1.165) is 16.6 Å². The maximum Gasteiger partial charge on any atom is 0.240 e. The number of nitrogen functional groups attached to an aromatic ring is 1. The van der Waals surface area contributed by atoms with Crippen molar-refractivity contribution in [1.29, 1.82) is 0 Å². The molecule has 4 N–H and O–H groups in total. The second-order valence-corrected chi connectivity index (χ2v) is 4.81. The smallest absolute Gasteiger partial charge is 0.240 e. The number of hydrogen-bond acceptors (Lipinski definition) is 4. The fourth-order valence-corrected chi connectivity index (χ4v) is 2.05. The van der Waals surface area contributed by atoms with Crippen molar-refractivity contribution in [3.05, 3.63) is 66.7 Å². The van der Waals surface area contributed by atoms with Gasteiger partial charge in [0.15, 0.2) is 5.65 Å². The van der Waals surface area contributed by atoms with E-state index in [1.165, 1.54) is 0 Å². The van der Waals surface area contributed by atoms with Gasteiger partial charge in [-0.15, -0.1) is 5.10 Å². The minimum Gasteiger partial charge on any atom is -0.366 e. The number of nitrogens with two attached hydrogens (primary N) is 2. The molecule has 2 heterocycles. The molecule has 2 aromatic heterocycles. The molecular weight excluding hydrogens is 269 g/mol. The van der Waals surface area contributed by atoms with E-state index < -0.39 is 0 Å².